The molecule has 32 heavy (non-hydrogen) atoms. The fraction of sp³-hybridized carbons (Fsp3) is 0.704. The molecular weight excluding hydrogens is 424 g/mol. The lowest BCUT2D eigenvalue weighted by Gasteiger charge is -2.06. The summed E-state index contributed by atoms with van der Waals surface area (Å²) < 4.78 is 10.6. The predicted molar refractivity (Wildman–Crippen MR) is 132 cm³/mol. The van der Waals surface area contributed by atoms with Crippen LogP contribution in [0.2, 0.25) is 5.02 Å². The third kappa shape index (κ3) is 17.1. The molecule has 0 atom stereocenters. The Labute approximate surface area is 200 Å². The zero-order chi connectivity index (χ0) is 23.3. The molecule has 0 fully saturated rings. The number of hydrogen-bond donors (Lipinski definition) is 0. The molecule has 4 nitrogen and oxygen atoms in total. The van der Waals surface area contributed by atoms with Crippen molar-refractivity contribution < 1.29 is 19.1 Å². The summed E-state index contributed by atoms with van der Waals surface area (Å²) in [7, 11) is 0. The number of carbonyl (C=O) groups is 2. The Balaban J connectivity index is 1.83. The normalized spacial score (nSPS) is 10.8. The van der Waals surface area contributed by atoms with Gasteiger partial charge in [-0.15, -0.1) is 0 Å². The second-order valence-corrected chi connectivity index (χ2v) is 9.04. The van der Waals surface area contributed by atoms with Crippen molar-refractivity contribution in [3.63, 3.8) is 0 Å². The predicted octanol–water partition coefficient (Wildman–Crippen LogP) is 8.44. The maximum absolute atomic E-state index is 11.8. The van der Waals surface area contributed by atoms with E-state index in [4.69, 9.17) is 21.1 Å². The molecule has 0 radical (unpaired) electrons. The minimum Gasteiger partial charge on any atom is -0.466 e. The number of carbonyl (C=O) groups excluding carboxylic acids is 2. The lowest BCUT2D eigenvalue weighted by atomic mass is 10.1. The largest absolute Gasteiger partial charge is 0.466 e. The molecular formula is C27H43ClO4. The second-order valence-electron chi connectivity index (χ2n) is 8.60. The summed E-state index contributed by atoms with van der Waals surface area (Å²) in [4.78, 5) is 23.6. The van der Waals surface area contributed by atoms with Gasteiger partial charge in [-0.1, -0.05) is 102 Å². The van der Waals surface area contributed by atoms with Crippen LogP contribution in [-0.4, -0.2) is 18.5 Å². The van der Waals surface area contributed by atoms with Gasteiger partial charge in [-0.2, -0.15) is 0 Å². The van der Waals surface area contributed by atoms with Gasteiger partial charge in [0.2, 0.25) is 0 Å². The Bertz CT molecular complexity index is 617. The van der Waals surface area contributed by atoms with Gasteiger partial charge in [0.15, 0.2) is 0 Å². The molecule has 0 amide bonds. The number of halogens is 1. The Morgan fingerprint density at radius 3 is 1.84 bits per heavy atom. The molecule has 0 bridgehead atoms. The minimum absolute atomic E-state index is 0.0617. The summed E-state index contributed by atoms with van der Waals surface area (Å²) in [5, 5.41) is 0.558. The number of benzene rings is 1. The van der Waals surface area contributed by atoms with Gasteiger partial charge < -0.3 is 9.47 Å². The molecule has 0 saturated heterocycles. The van der Waals surface area contributed by atoms with Crippen LogP contribution < -0.4 is 4.74 Å². The van der Waals surface area contributed by atoms with Crippen LogP contribution in [0.15, 0.2) is 24.3 Å². The fourth-order valence-electron chi connectivity index (χ4n) is 3.63. The highest BCUT2D eigenvalue weighted by Crippen LogP contribution is 2.18. The molecule has 0 unspecified atom stereocenters. The zero-order valence-electron chi connectivity index (χ0n) is 20.0. The van der Waals surface area contributed by atoms with Crippen LogP contribution in [0.3, 0.4) is 0 Å². The first-order chi connectivity index (χ1) is 15.6. The van der Waals surface area contributed by atoms with Crippen molar-refractivity contribution in [3.8, 4) is 5.75 Å². The van der Waals surface area contributed by atoms with E-state index in [1.165, 1.54) is 44.9 Å². The monoisotopic (exact) mass is 466 g/mol. The zero-order valence-corrected chi connectivity index (χ0v) is 20.8. The van der Waals surface area contributed by atoms with Crippen molar-refractivity contribution in [2.24, 2.45) is 0 Å². The first-order valence-corrected chi connectivity index (χ1v) is 13.1. The molecule has 1 aromatic carbocycles. The molecule has 0 aliphatic heterocycles. The van der Waals surface area contributed by atoms with Gasteiger partial charge in [-0.25, -0.2) is 0 Å². The maximum Gasteiger partial charge on any atom is 0.311 e. The third-order valence-electron chi connectivity index (χ3n) is 5.55. The molecule has 0 aliphatic rings. The quantitative estimate of drug-likeness (QED) is 0.110. The Hall–Kier alpha value is -1.55. The first kappa shape index (κ1) is 28.5. The van der Waals surface area contributed by atoms with E-state index in [-0.39, 0.29) is 11.9 Å². The van der Waals surface area contributed by atoms with Crippen molar-refractivity contribution in [3.05, 3.63) is 29.3 Å². The van der Waals surface area contributed by atoms with Gasteiger partial charge in [-0.3, -0.25) is 9.59 Å². The summed E-state index contributed by atoms with van der Waals surface area (Å²) in [6.45, 7) is 2.81. The highest BCUT2D eigenvalue weighted by atomic mass is 35.5. The van der Waals surface area contributed by atoms with Crippen molar-refractivity contribution in [1.29, 1.82) is 0 Å². The molecule has 5 heteroatoms. The average molecular weight is 467 g/mol. The molecule has 0 aliphatic carbocycles. The van der Waals surface area contributed by atoms with Gasteiger partial charge in [0, 0.05) is 17.9 Å². The minimum atomic E-state index is -0.220. The van der Waals surface area contributed by atoms with Crippen LogP contribution in [0.25, 0.3) is 0 Å². The third-order valence-corrected chi connectivity index (χ3v) is 5.79. The number of unbranched alkanes of at least 4 members (excludes halogenated alkanes) is 13. The first-order valence-electron chi connectivity index (χ1n) is 12.7. The van der Waals surface area contributed by atoms with Crippen LogP contribution in [0, 0.1) is 0 Å². The Morgan fingerprint density at radius 1 is 0.719 bits per heavy atom. The van der Waals surface area contributed by atoms with Gasteiger partial charge in [0.05, 0.1) is 6.61 Å². The second kappa shape index (κ2) is 20.1. The topological polar surface area (TPSA) is 52.6 Å². The summed E-state index contributed by atoms with van der Waals surface area (Å²) in [5.41, 5.74) is 0. The fourth-order valence-corrected chi connectivity index (χ4v) is 3.81. The molecule has 1 aromatic rings. The van der Waals surface area contributed by atoms with Crippen molar-refractivity contribution >= 4 is 23.5 Å². The molecule has 1 rings (SSSR count). The van der Waals surface area contributed by atoms with E-state index in [9.17, 15) is 9.59 Å². The number of esters is 2. The molecule has 0 heterocycles. The highest BCUT2D eigenvalue weighted by Gasteiger charge is 2.06. The number of rotatable bonds is 20. The van der Waals surface area contributed by atoms with Crippen LogP contribution in [0.5, 0.6) is 5.75 Å². The molecule has 182 valence electrons. The van der Waals surface area contributed by atoms with Crippen LogP contribution in [-0.2, 0) is 14.3 Å². The Morgan fingerprint density at radius 2 is 1.25 bits per heavy atom. The van der Waals surface area contributed by atoms with Crippen LogP contribution >= 0.6 is 11.6 Å². The molecule has 0 saturated carbocycles. The standard InChI is InChI=1S/C27H43ClO4/c1-2-3-4-5-6-7-10-13-16-22-31-26(29)20-14-11-8-9-12-15-21-27(30)32-25-19-17-18-24(28)23-25/h17-19,23H,2-16,20-22H2,1H3. The summed E-state index contributed by atoms with van der Waals surface area (Å²) >= 11 is 5.88. The van der Waals surface area contributed by atoms with E-state index in [2.05, 4.69) is 6.92 Å². The SMILES string of the molecule is CCCCCCCCCCCOC(=O)CCCCCCCCC(=O)Oc1cccc(Cl)c1. The van der Waals surface area contributed by atoms with Crippen molar-refractivity contribution in [1.82, 2.24) is 0 Å². The number of ether oxygens (including phenoxy) is 2. The van der Waals surface area contributed by atoms with Crippen molar-refractivity contribution in [2.45, 2.75) is 116 Å². The van der Waals surface area contributed by atoms with Crippen LogP contribution in [0.4, 0.5) is 0 Å². The van der Waals surface area contributed by atoms with E-state index in [1.807, 2.05) is 0 Å². The van der Waals surface area contributed by atoms with E-state index in [0.717, 1.165) is 51.4 Å². The summed E-state index contributed by atoms with van der Waals surface area (Å²) in [5.74, 6) is 0.211. The smallest absolute Gasteiger partial charge is 0.311 e. The average Bonchev–Trinajstić information content (AvgIpc) is 2.77. The van der Waals surface area contributed by atoms with Gasteiger partial charge in [0.1, 0.15) is 5.75 Å². The lowest BCUT2D eigenvalue weighted by molar-refractivity contribution is -0.144. The highest BCUT2D eigenvalue weighted by molar-refractivity contribution is 6.30. The molecule has 0 N–H and O–H groups in total. The van der Waals surface area contributed by atoms with E-state index >= 15 is 0 Å². The molecule has 0 aromatic heterocycles. The lowest BCUT2D eigenvalue weighted by Crippen LogP contribution is -2.07. The van der Waals surface area contributed by atoms with Crippen molar-refractivity contribution in [2.75, 3.05) is 6.61 Å². The number of hydrogen-bond acceptors (Lipinski definition) is 4. The van der Waals surface area contributed by atoms with Gasteiger partial charge in [-0.05, 0) is 37.5 Å². The molecule has 0 spiro atoms. The summed E-state index contributed by atoms with van der Waals surface area (Å²) in [6.07, 6.45) is 18.2. The Kier molecular flexibility index (Phi) is 17.9. The van der Waals surface area contributed by atoms with Gasteiger partial charge >= 0.3 is 11.9 Å². The van der Waals surface area contributed by atoms with Crippen LogP contribution in [0.1, 0.15) is 116 Å². The van der Waals surface area contributed by atoms with Gasteiger partial charge in [0.25, 0.3) is 0 Å². The maximum atomic E-state index is 11.8. The van der Waals surface area contributed by atoms with E-state index < -0.39 is 0 Å². The van der Waals surface area contributed by atoms with E-state index in [1.54, 1.807) is 24.3 Å². The summed E-state index contributed by atoms with van der Waals surface area (Å²) in [6, 6.07) is 6.88. The van der Waals surface area contributed by atoms with E-state index in [0.29, 0.717) is 30.2 Å².